The summed E-state index contributed by atoms with van der Waals surface area (Å²) in [7, 11) is 0. The summed E-state index contributed by atoms with van der Waals surface area (Å²) in [6.07, 6.45) is 0.237. The fourth-order valence-electron chi connectivity index (χ4n) is 3.17. The van der Waals surface area contributed by atoms with Crippen LogP contribution in [-0.2, 0) is 22.6 Å². The number of aromatic nitrogens is 1. The molecule has 3 heteroatoms. The molecule has 1 heterocycles. The molecule has 3 aromatic carbocycles. The quantitative estimate of drug-likeness (QED) is 0.512. The van der Waals surface area contributed by atoms with Crippen LogP contribution >= 0.6 is 0 Å². The molecule has 0 bridgehead atoms. The van der Waals surface area contributed by atoms with Crippen molar-refractivity contribution >= 4 is 16.9 Å². The minimum atomic E-state index is -0.226. The topological polar surface area (TPSA) is 42.1 Å². The van der Waals surface area contributed by atoms with Gasteiger partial charge in [-0.15, -0.1) is 0 Å². The summed E-state index contributed by atoms with van der Waals surface area (Å²) < 4.78 is 5.49. The second kappa shape index (κ2) is 7.28. The lowest BCUT2D eigenvalue weighted by Gasteiger charge is -2.07. The first-order valence-corrected chi connectivity index (χ1v) is 8.66. The van der Waals surface area contributed by atoms with Crippen molar-refractivity contribution in [1.29, 1.82) is 0 Å². The molecule has 4 aromatic rings. The molecule has 1 aromatic heterocycles. The first-order valence-electron chi connectivity index (χ1n) is 8.66. The van der Waals surface area contributed by atoms with E-state index in [9.17, 15) is 4.79 Å². The van der Waals surface area contributed by atoms with E-state index in [0.717, 1.165) is 33.3 Å². The van der Waals surface area contributed by atoms with Crippen LogP contribution in [0.4, 0.5) is 0 Å². The van der Waals surface area contributed by atoms with Crippen molar-refractivity contribution in [3.63, 3.8) is 0 Å². The molecule has 0 aliphatic rings. The average Bonchev–Trinajstić information content (AvgIpc) is 3.06. The highest BCUT2D eigenvalue weighted by Crippen LogP contribution is 2.30. The van der Waals surface area contributed by atoms with Gasteiger partial charge in [-0.25, -0.2) is 0 Å². The SMILES string of the molecule is O=C(Cc1c(-c2ccccc2)[nH]c2ccccc12)OCc1ccccc1. The van der Waals surface area contributed by atoms with Crippen LogP contribution in [0.15, 0.2) is 84.9 Å². The molecule has 0 atom stereocenters. The molecule has 0 amide bonds. The zero-order valence-electron chi connectivity index (χ0n) is 14.3. The van der Waals surface area contributed by atoms with Gasteiger partial charge in [0.15, 0.2) is 0 Å². The molecule has 3 nitrogen and oxygen atoms in total. The molecule has 0 aliphatic carbocycles. The molecule has 0 saturated carbocycles. The number of carbonyl (C=O) groups is 1. The number of hydrogen-bond acceptors (Lipinski definition) is 2. The van der Waals surface area contributed by atoms with E-state index >= 15 is 0 Å². The van der Waals surface area contributed by atoms with Crippen LogP contribution in [0.5, 0.6) is 0 Å². The van der Waals surface area contributed by atoms with Crippen molar-refractivity contribution in [2.24, 2.45) is 0 Å². The van der Waals surface area contributed by atoms with E-state index in [2.05, 4.69) is 4.98 Å². The minimum absolute atomic E-state index is 0.226. The van der Waals surface area contributed by atoms with Gasteiger partial charge in [-0.2, -0.15) is 0 Å². The van der Waals surface area contributed by atoms with Crippen molar-refractivity contribution in [2.45, 2.75) is 13.0 Å². The molecule has 0 spiro atoms. The van der Waals surface area contributed by atoms with Crippen LogP contribution < -0.4 is 0 Å². The van der Waals surface area contributed by atoms with Crippen LogP contribution in [0.2, 0.25) is 0 Å². The number of fused-ring (bicyclic) bond motifs is 1. The van der Waals surface area contributed by atoms with Crippen LogP contribution in [0.1, 0.15) is 11.1 Å². The molecular formula is C23H19NO2. The Kier molecular flexibility index (Phi) is 4.52. The molecule has 0 aliphatic heterocycles. The molecule has 0 saturated heterocycles. The number of ether oxygens (including phenoxy) is 1. The van der Waals surface area contributed by atoms with Crippen LogP contribution in [0.25, 0.3) is 22.2 Å². The summed E-state index contributed by atoms with van der Waals surface area (Å²) in [5.74, 6) is -0.226. The smallest absolute Gasteiger partial charge is 0.310 e. The van der Waals surface area contributed by atoms with Gasteiger partial charge in [-0.1, -0.05) is 78.9 Å². The second-order valence-electron chi connectivity index (χ2n) is 6.21. The van der Waals surface area contributed by atoms with Gasteiger partial charge in [-0.05, 0) is 22.8 Å². The second-order valence-corrected chi connectivity index (χ2v) is 6.21. The molecule has 26 heavy (non-hydrogen) atoms. The summed E-state index contributed by atoms with van der Waals surface area (Å²) in [4.78, 5) is 15.9. The lowest BCUT2D eigenvalue weighted by Crippen LogP contribution is -2.08. The first-order chi connectivity index (χ1) is 12.8. The Morgan fingerprint density at radius 1 is 0.808 bits per heavy atom. The standard InChI is InChI=1S/C23H19NO2/c25-22(26-16-17-9-3-1-4-10-17)15-20-19-13-7-8-14-21(19)24-23(20)18-11-5-2-6-12-18/h1-14,24H,15-16H2. The number of nitrogens with one attached hydrogen (secondary N) is 1. The van der Waals surface area contributed by atoms with E-state index in [1.54, 1.807) is 0 Å². The number of H-pyrrole nitrogens is 1. The zero-order chi connectivity index (χ0) is 17.8. The van der Waals surface area contributed by atoms with Gasteiger partial charge in [-0.3, -0.25) is 4.79 Å². The number of hydrogen-bond donors (Lipinski definition) is 1. The lowest BCUT2D eigenvalue weighted by molar-refractivity contribution is -0.144. The number of benzene rings is 3. The van der Waals surface area contributed by atoms with Gasteiger partial charge >= 0.3 is 5.97 Å². The molecule has 128 valence electrons. The normalized spacial score (nSPS) is 10.8. The summed E-state index contributed by atoms with van der Waals surface area (Å²) in [6, 6.07) is 27.9. The zero-order valence-corrected chi connectivity index (χ0v) is 14.3. The van der Waals surface area contributed by atoms with E-state index in [4.69, 9.17) is 4.74 Å². The first kappa shape index (κ1) is 16.2. The van der Waals surface area contributed by atoms with Crippen molar-refractivity contribution < 1.29 is 9.53 Å². The summed E-state index contributed by atoms with van der Waals surface area (Å²) in [5, 5.41) is 1.06. The third-order valence-electron chi connectivity index (χ3n) is 4.44. The Labute approximate surface area is 152 Å². The Balaban J connectivity index is 1.61. The van der Waals surface area contributed by atoms with Gasteiger partial charge in [0, 0.05) is 10.9 Å². The molecule has 0 unspecified atom stereocenters. The minimum Gasteiger partial charge on any atom is -0.461 e. The predicted molar refractivity (Wildman–Crippen MR) is 104 cm³/mol. The predicted octanol–water partition coefficient (Wildman–Crippen LogP) is 5.12. The van der Waals surface area contributed by atoms with Crippen molar-refractivity contribution in [2.75, 3.05) is 0 Å². The van der Waals surface area contributed by atoms with Gasteiger partial charge in [0.25, 0.3) is 0 Å². The fraction of sp³-hybridized carbons (Fsp3) is 0.0870. The highest BCUT2D eigenvalue weighted by molar-refractivity contribution is 5.94. The lowest BCUT2D eigenvalue weighted by atomic mass is 10.0. The van der Waals surface area contributed by atoms with Crippen LogP contribution in [-0.4, -0.2) is 11.0 Å². The molecular weight excluding hydrogens is 322 g/mol. The third kappa shape index (κ3) is 3.38. The van der Waals surface area contributed by atoms with Gasteiger partial charge in [0.2, 0.25) is 0 Å². The van der Waals surface area contributed by atoms with Crippen LogP contribution in [0.3, 0.4) is 0 Å². The van der Waals surface area contributed by atoms with Crippen molar-refractivity contribution in [3.8, 4) is 11.3 Å². The number of aromatic amines is 1. The molecule has 1 N–H and O–H groups in total. The van der Waals surface area contributed by atoms with Crippen molar-refractivity contribution in [1.82, 2.24) is 4.98 Å². The van der Waals surface area contributed by atoms with E-state index < -0.39 is 0 Å². The van der Waals surface area contributed by atoms with Gasteiger partial charge in [0.1, 0.15) is 6.61 Å². The highest BCUT2D eigenvalue weighted by Gasteiger charge is 2.16. The third-order valence-corrected chi connectivity index (χ3v) is 4.44. The van der Waals surface area contributed by atoms with Crippen LogP contribution in [0, 0.1) is 0 Å². The molecule has 0 fully saturated rings. The average molecular weight is 341 g/mol. The Morgan fingerprint density at radius 2 is 1.46 bits per heavy atom. The number of carbonyl (C=O) groups excluding carboxylic acids is 1. The van der Waals surface area contributed by atoms with Crippen molar-refractivity contribution in [3.05, 3.63) is 96.1 Å². The summed E-state index contributed by atoms with van der Waals surface area (Å²) in [6.45, 7) is 0.294. The van der Waals surface area contributed by atoms with E-state index in [1.165, 1.54) is 0 Å². The molecule has 4 rings (SSSR count). The largest absolute Gasteiger partial charge is 0.461 e. The number of para-hydroxylation sites is 1. The van der Waals surface area contributed by atoms with Gasteiger partial charge in [0.05, 0.1) is 12.1 Å². The van der Waals surface area contributed by atoms with E-state index in [1.807, 2.05) is 84.9 Å². The summed E-state index contributed by atoms with van der Waals surface area (Å²) in [5.41, 5.74) is 5.03. The fourth-order valence-corrected chi connectivity index (χ4v) is 3.17. The monoisotopic (exact) mass is 341 g/mol. The van der Waals surface area contributed by atoms with Gasteiger partial charge < -0.3 is 9.72 Å². The molecule has 0 radical (unpaired) electrons. The Hall–Kier alpha value is -3.33. The highest BCUT2D eigenvalue weighted by atomic mass is 16.5. The number of rotatable bonds is 5. The Bertz CT molecular complexity index is 1020. The summed E-state index contributed by atoms with van der Waals surface area (Å²) >= 11 is 0. The maximum absolute atomic E-state index is 12.5. The number of esters is 1. The maximum atomic E-state index is 12.5. The Morgan fingerprint density at radius 3 is 2.23 bits per heavy atom. The van der Waals surface area contributed by atoms with E-state index in [0.29, 0.717) is 6.61 Å². The van der Waals surface area contributed by atoms with E-state index in [-0.39, 0.29) is 12.4 Å². The maximum Gasteiger partial charge on any atom is 0.310 e.